The molecule has 0 aliphatic carbocycles. The summed E-state index contributed by atoms with van der Waals surface area (Å²) < 4.78 is 30.9. The van der Waals surface area contributed by atoms with Crippen LogP contribution in [0, 0.1) is 0 Å². The smallest absolute Gasteiger partial charge is 0.252 e. The van der Waals surface area contributed by atoms with Crippen molar-refractivity contribution in [2.45, 2.75) is 38.5 Å². The van der Waals surface area contributed by atoms with E-state index < -0.39 is 51.4 Å². The second-order valence-corrected chi connectivity index (χ2v) is 13.2. The number of methoxy groups -OCH3 is 1. The van der Waals surface area contributed by atoms with Crippen LogP contribution in [0.25, 0.3) is 10.8 Å². The lowest BCUT2D eigenvalue weighted by molar-refractivity contribution is -0.129. The molecule has 0 fully saturated rings. The van der Waals surface area contributed by atoms with Gasteiger partial charge in [-0.1, -0.05) is 40.2 Å². The Labute approximate surface area is 248 Å². The average molecular weight is 646 g/mol. The summed E-state index contributed by atoms with van der Waals surface area (Å²) in [6.07, 6.45) is 0.982. The molecule has 3 aromatic rings. The highest BCUT2D eigenvalue weighted by atomic mass is 79.9. The van der Waals surface area contributed by atoms with Gasteiger partial charge < -0.3 is 25.2 Å². The molecule has 0 saturated carbocycles. The Morgan fingerprint density at radius 2 is 1.78 bits per heavy atom. The first kappa shape index (κ1) is 30.5. The molecule has 0 unspecified atom stereocenters. The number of hydrogen-bond donors (Lipinski definition) is 2. The number of benzene rings is 3. The van der Waals surface area contributed by atoms with E-state index >= 15 is 0 Å². The van der Waals surface area contributed by atoms with Crippen LogP contribution >= 0.6 is 15.9 Å². The van der Waals surface area contributed by atoms with E-state index in [0.717, 1.165) is 27.1 Å². The molecule has 1 aliphatic heterocycles. The first-order chi connectivity index (χ1) is 19.4. The summed E-state index contributed by atoms with van der Waals surface area (Å²) >= 11 is 3.51. The average Bonchev–Trinajstić information content (AvgIpc) is 3.00. The third-order valence-electron chi connectivity index (χ3n) is 7.22. The topological polar surface area (TPSA) is 125 Å². The van der Waals surface area contributed by atoms with E-state index in [1.54, 1.807) is 52.3 Å². The second-order valence-electron chi connectivity index (χ2n) is 10.1. The van der Waals surface area contributed by atoms with Gasteiger partial charge in [-0.05, 0) is 62.0 Å². The van der Waals surface area contributed by atoms with Gasteiger partial charge in [0.25, 0.3) is 5.91 Å². The Kier molecular flexibility index (Phi) is 9.05. The standard InChI is InChI=1S/C29H33BrN4O6S/c1-17(31-3)28(36)32-27-18(2)34(26(35)16-41(5,38)39)24-9-7-6-8-23(24)33(29(27)37)15-22-21-12-11-20(30)14-19(21)10-13-25(22)40-4/h6-14,17-18,27,31H,15-16H2,1-5H3,(H,32,36)/t17-,18-,27-/m0/s1. The van der Waals surface area contributed by atoms with Crippen LogP contribution in [0.3, 0.4) is 0 Å². The normalized spacial score (nSPS) is 18.0. The Bertz CT molecular complexity index is 1610. The third kappa shape index (κ3) is 6.39. The number of rotatable bonds is 8. The fourth-order valence-corrected chi connectivity index (χ4v) is 5.99. The van der Waals surface area contributed by atoms with Gasteiger partial charge in [0.2, 0.25) is 11.8 Å². The van der Waals surface area contributed by atoms with E-state index in [1.807, 2.05) is 30.3 Å². The van der Waals surface area contributed by atoms with Crippen molar-refractivity contribution >= 4 is 65.6 Å². The number of para-hydroxylation sites is 2. The fraction of sp³-hybridized carbons (Fsp3) is 0.345. The van der Waals surface area contributed by atoms with Crippen LogP contribution in [0.15, 0.2) is 59.1 Å². The largest absolute Gasteiger partial charge is 0.496 e. The first-order valence-electron chi connectivity index (χ1n) is 13.0. The minimum absolute atomic E-state index is 0.0623. The predicted molar refractivity (Wildman–Crippen MR) is 163 cm³/mol. The van der Waals surface area contributed by atoms with Gasteiger partial charge in [0.05, 0.1) is 37.1 Å². The van der Waals surface area contributed by atoms with E-state index in [9.17, 15) is 22.8 Å². The quantitative estimate of drug-likeness (QED) is 0.386. The van der Waals surface area contributed by atoms with Crippen molar-refractivity contribution < 1.29 is 27.5 Å². The van der Waals surface area contributed by atoms with Crippen LogP contribution in [0.1, 0.15) is 19.4 Å². The van der Waals surface area contributed by atoms with Gasteiger partial charge in [-0.2, -0.15) is 0 Å². The number of amides is 3. The van der Waals surface area contributed by atoms with E-state index in [0.29, 0.717) is 17.1 Å². The number of nitrogens with one attached hydrogen (secondary N) is 2. The molecule has 2 N–H and O–H groups in total. The SMILES string of the molecule is CN[C@@H](C)C(=O)N[C@@H]1C(=O)N(Cc2c(OC)ccc3cc(Br)ccc23)c2ccccc2N(C(=O)CS(C)(=O)=O)[C@H]1C. The van der Waals surface area contributed by atoms with Crippen molar-refractivity contribution in [1.82, 2.24) is 10.6 Å². The highest BCUT2D eigenvalue weighted by molar-refractivity contribution is 9.10. The summed E-state index contributed by atoms with van der Waals surface area (Å²) in [7, 11) is -0.512. The van der Waals surface area contributed by atoms with Gasteiger partial charge in [-0.15, -0.1) is 0 Å². The fourth-order valence-electron chi connectivity index (χ4n) is 5.03. The molecule has 3 aromatic carbocycles. The Morgan fingerprint density at radius 1 is 1.10 bits per heavy atom. The van der Waals surface area contributed by atoms with Crippen molar-refractivity contribution in [2.75, 3.05) is 36.0 Å². The number of halogens is 1. The highest BCUT2D eigenvalue weighted by Gasteiger charge is 2.43. The molecular weight excluding hydrogens is 612 g/mol. The van der Waals surface area contributed by atoms with Gasteiger partial charge in [0, 0.05) is 16.3 Å². The summed E-state index contributed by atoms with van der Waals surface area (Å²) in [5, 5.41) is 7.46. The number of carbonyl (C=O) groups is 3. The summed E-state index contributed by atoms with van der Waals surface area (Å²) in [4.78, 5) is 43.8. The number of hydrogen-bond acceptors (Lipinski definition) is 7. The molecule has 0 bridgehead atoms. The zero-order valence-corrected chi connectivity index (χ0v) is 25.9. The van der Waals surface area contributed by atoms with E-state index in [1.165, 1.54) is 9.80 Å². The lowest BCUT2D eigenvalue weighted by atomic mass is 10.0. The molecule has 12 heteroatoms. The highest BCUT2D eigenvalue weighted by Crippen LogP contribution is 2.39. The molecule has 10 nitrogen and oxygen atoms in total. The van der Waals surface area contributed by atoms with Crippen LogP contribution in [0.5, 0.6) is 5.75 Å². The molecule has 0 saturated heterocycles. The van der Waals surface area contributed by atoms with E-state index in [4.69, 9.17) is 4.74 Å². The van der Waals surface area contributed by atoms with Crippen molar-refractivity contribution in [3.8, 4) is 5.75 Å². The molecule has 41 heavy (non-hydrogen) atoms. The molecule has 4 rings (SSSR count). The minimum Gasteiger partial charge on any atom is -0.496 e. The van der Waals surface area contributed by atoms with Gasteiger partial charge in [-0.25, -0.2) is 8.42 Å². The zero-order chi connectivity index (χ0) is 30.1. The summed E-state index contributed by atoms with van der Waals surface area (Å²) in [6, 6.07) is 13.7. The van der Waals surface area contributed by atoms with Crippen molar-refractivity contribution in [1.29, 1.82) is 0 Å². The maximum absolute atomic E-state index is 14.4. The second kappa shape index (κ2) is 12.2. The Hall–Kier alpha value is -3.48. The summed E-state index contributed by atoms with van der Waals surface area (Å²) in [6.45, 7) is 3.34. The maximum atomic E-state index is 14.4. The van der Waals surface area contributed by atoms with Crippen molar-refractivity contribution in [2.24, 2.45) is 0 Å². The Morgan fingerprint density at radius 3 is 2.41 bits per heavy atom. The van der Waals surface area contributed by atoms with E-state index in [-0.39, 0.29) is 6.54 Å². The van der Waals surface area contributed by atoms with Crippen LogP contribution in [-0.2, 0) is 30.8 Å². The number of likely N-dealkylation sites (N-methyl/N-ethyl adjacent to an activating group) is 1. The molecule has 0 radical (unpaired) electrons. The number of sulfone groups is 1. The lowest BCUT2D eigenvalue weighted by Gasteiger charge is -2.32. The molecule has 3 amide bonds. The molecule has 1 heterocycles. The maximum Gasteiger partial charge on any atom is 0.252 e. The van der Waals surface area contributed by atoms with Crippen LogP contribution in [0.4, 0.5) is 11.4 Å². The number of ether oxygens (including phenoxy) is 1. The van der Waals surface area contributed by atoms with Crippen molar-refractivity contribution in [3.05, 3.63) is 64.6 Å². The summed E-state index contributed by atoms with van der Waals surface area (Å²) in [5.74, 6) is -1.77. The molecule has 0 aromatic heterocycles. The number of fused-ring (bicyclic) bond motifs is 2. The third-order valence-corrected chi connectivity index (χ3v) is 8.48. The van der Waals surface area contributed by atoms with Gasteiger partial charge in [0.1, 0.15) is 17.5 Å². The molecule has 0 spiro atoms. The lowest BCUT2D eigenvalue weighted by Crippen LogP contribution is -2.60. The van der Waals surface area contributed by atoms with Gasteiger partial charge >= 0.3 is 0 Å². The molecule has 1 aliphatic rings. The van der Waals surface area contributed by atoms with Gasteiger partial charge in [-0.3, -0.25) is 14.4 Å². The molecule has 218 valence electrons. The number of carbonyl (C=O) groups excluding carboxylic acids is 3. The Balaban J connectivity index is 1.92. The van der Waals surface area contributed by atoms with Crippen LogP contribution in [-0.4, -0.2) is 70.4 Å². The summed E-state index contributed by atoms with van der Waals surface area (Å²) in [5.41, 5.74) is 1.50. The van der Waals surface area contributed by atoms with Crippen LogP contribution < -0.4 is 25.2 Å². The minimum atomic E-state index is -3.69. The number of nitrogens with zero attached hydrogens (tertiary/aromatic N) is 2. The van der Waals surface area contributed by atoms with Gasteiger partial charge in [0.15, 0.2) is 9.84 Å². The first-order valence-corrected chi connectivity index (χ1v) is 15.8. The molecule has 3 atom stereocenters. The van der Waals surface area contributed by atoms with Crippen LogP contribution in [0.2, 0.25) is 0 Å². The number of anilines is 2. The predicted octanol–water partition coefficient (Wildman–Crippen LogP) is 3.02. The zero-order valence-electron chi connectivity index (χ0n) is 23.5. The monoisotopic (exact) mass is 644 g/mol. The molecular formula is C29H33BrN4O6S. The van der Waals surface area contributed by atoms with E-state index in [2.05, 4.69) is 26.6 Å². The van der Waals surface area contributed by atoms with Crippen molar-refractivity contribution in [3.63, 3.8) is 0 Å².